The third-order valence-corrected chi connectivity index (χ3v) is 7.48. The van der Waals surface area contributed by atoms with E-state index in [9.17, 15) is 5.41 Å². The quantitative estimate of drug-likeness (QED) is 0.194. The highest BCUT2D eigenvalue weighted by Crippen LogP contribution is 2.31. The van der Waals surface area contributed by atoms with Gasteiger partial charge in [0.2, 0.25) is 0 Å². The molecule has 0 amide bonds. The molecule has 0 bridgehead atoms. The van der Waals surface area contributed by atoms with E-state index in [1.807, 2.05) is 115 Å². The lowest BCUT2D eigenvalue weighted by atomic mass is 9.95. The maximum absolute atomic E-state index is 9.39. The van der Waals surface area contributed by atoms with Crippen LogP contribution in [0.25, 0.3) is 44.7 Å². The van der Waals surface area contributed by atoms with Crippen molar-refractivity contribution in [2.75, 3.05) is 5.32 Å². The van der Waals surface area contributed by atoms with Gasteiger partial charge in [0.15, 0.2) is 5.82 Å². The van der Waals surface area contributed by atoms with Gasteiger partial charge < -0.3 is 5.32 Å². The summed E-state index contributed by atoms with van der Waals surface area (Å²) in [5, 5.41) is 15.2. The standard InChI is InChI=1S/C39H28N4/c40-38(34-24-29-17-10-11-18-30(29)25-37(34)41-33-21-8-3-9-22-33)32-20-12-19-31(23-32)36-26-35(27-13-4-1-5-14-27)42-39(43-36)28-15-6-2-7-16-28/h1-26,40-41H. The number of anilines is 2. The van der Waals surface area contributed by atoms with Gasteiger partial charge in [-0.25, -0.2) is 9.97 Å². The second-order valence-corrected chi connectivity index (χ2v) is 10.4. The van der Waals surface area contributed by atoms with E-state index in [2.05, 4.69) is 47.8 Å². The topological polar surface area (TPSA) is 61.7 Å². The lowest BCUT2D eigenvalue weighted by Gasteiger charge is -2.16. The van der Waals surface area contributed by atoms with E-state index in [1.54, 1.807) is 0 Å². The molecular formula is C39H28N4. The zero-order valence-corrected chi connectivity index (χ0v) is 23.4. The van der Waals surface area contributed by atoms with Crippen molar-refractivity contribution in [1.82, 2.24) is 9.97 Å². The Kier molecular flexibility index (Phi) is 7.00. The van der Waals surface area contributed by atoms with Gasteiger partial charge >= 0.3 is 0 Å². The Morgan fingerprint density at radius 2 is 1.05 bits per heavy atom. The first-order valence-corrected chi connectivity index (χ1v) is 14.3. The maximum Gasteiger partial charge on any atom is 0.160 e. The molecule has 0 saturated heterocycles. The summed E-state index contributed by atoms with van der Waals surface area (Å²) in [6.07, 6.45) is 0. The molecule has 0 saturated carbocycles. The molecule has 0 aliphatic rings. The van der Waals surface area contributed by atoms with Crippen LogP contribution in [0.1, 0.15) is 11.1 Å². The molecule has 1 heterocycles. The minimum Gasteiger partial charge on any atom is -0.355 e. The normalized spacial score (nSPS) is 10.9. The summed E-state index contributed by atoms with van der Waals surface area (Å²) in [7, 11) is 0. The van der Waals surface area contributed by atoms with E-state index in [-0.39, 0.29) is 0 Å². The van der Waals surface area contributed by atoms with E-state index in [4.69, 9.17) is 9.97 Å². The van der Waals surface area contributed by atoms with Gasteiger partial charge in [0.05, 0.1) is 17.1 Å². The van der Waals surface area contributed by atoms with Crippen molar-refractivity contribution in [3.05, 3.63) is 169 Å². The van der Waals surface area contributed by atoms with Crippen LogP contribution in [-0.2, 0) is 0 Å². The number of nitrogens with one attached hydrogen (secondary N) is 2. The van der Waals surface area contributed by atoms with Crippen LogP contribution in [0, 0.1) is 5.41 Å². The molecule has 4 heteroatoms. The second kappa shape index (κ2) is 11.6. The summed E-state index contributed by atoms with van der Waals surface area (Å²) in [6, 6.07) is 52.9. The Morgan fingerprint density at radius 3 is 1.74 bits per heavy atom. The summed E-state index contributed by atoms with van der Waals surface area (Å²) >= 11 is 0. The molecule has 0 spiro atoms. The number of hydrogen-bond donors (Lipinski definition) is 2. The summed E-state index contributed by atoms with van der Waals surface area (Å²) in [5.74, 6) is 0.668. The van der Waals surface area contributed by atoms with Crippen LogP contribution in [-0.4, -0.2) is 15.7 Å². The first kappa shape index (κ1) is 26.1. The third kappa shape index (κ3) is 5.54. The van der Waals surface area contributed by atoms with E-state index in [0.29, 0.717) is 11.5 Å². The monoisotopic (exact) mass is 552 g/mol. The average Bonchev–Trinajstić information content (AvgIpc) is 3.09. The van der Waals surface area contributed by atoms with Crippen molar-refractivity contribution in [2.24, 2.45) is 0 Å². The highest BCUT2D eigenvalue weighted by molar-refractivity contribution is 6.16. The van der Waals surface area contributed by atoms with Crippen LogP contribution >= 0.6 is 0 Å². The Balaban J connectivity index is 1.32. The number of fused-ring (bicyclic) bond motifs is 1. The second-order valence-electron chi connectivity index (χ2n) is 10.4. The fraction of sp³-hybridized carbons (Fsp3) is 0. The van der Waals surface area contributed by atoms with E-state index < -0.39 is 0 Å². The molecule has 2 N–H and O–H groups in total. The minimum atomic E-state index is 0.437. The van der Waals surface area contributed by atoms with Gasteiger partial charge in [-0.1, -0.05) is 121 Å². The van der Waals surface area contributed by atoms with Gasteiger partial charge in [0.1, 0.15) is 0 Å². The molecule has 6 aromatic carbocycles. The number of para-hydroxylation sites is 1. The summed E-state index contributed by atoms with van der Waals surface area (Å²) in [5.41, 5.74) is 8.52. The minimum absolute atomic E-state index is 0.437. The number of benzene rings is 6. The van der Waals surface area contributed by atoms with Crippen LogP contribution in [0.4, 0.5) is 11.4 Å². The molecule has 204 valence electrons. The molecule has 0 fully saturated rings. The zero-order chi connectivity index (χ0) is 29.0. The van der Waals surface area contributed by atoms with E-state index >= 15 is 0 Å². The van der Waals surface area contributed by atoms with E-state index in [0.717, 1.165) is 61.4 Å². The van der Waals surface area contributed by atoms with Crippen LogP contribution in [0.3, 0.4) is 0 Å². The lowest BCUT2D eigenvalue weighted by Crippen LogP contribution is -2.06. The van der Waals surface area contributed by atoms with Crippen LogP contribution in [0.2, 0.25) is 0 Å². The number of hydrogen-bond acceptors (Lipinski definition) is 4. The maximum atomic E-state index is 9.39. The van der Waals surface area contributed by atoms with Crippen LogP contribution in [0.5, 0.6) is 0 Å². The molecule has 0 aliphatic heterocycles. The van der Waals surface area contributed by atoms with Gasteiger partial charge in [0.25, 0.3) is 0 Å². The molecule has 0 radical (unpaired) electrons. The fourth-order valence-corrected chi connectivity index (χ4v) is 5.29. The molecule has 0 unspecified atom stereocenters. The van der Waals surface area contributed by atoms with Crippen molar-refractivity contribution in [3.63, 3.8) is 0 Å². The molecule has 0 atom stereocenters. The molecule has 1 aromatic heterocycles. The highest BCUT2D eigenvalue weighted by atomic mass is 14.9. The predicted molar refractivity (Wildman–Crippen MR) is 178 cm³/mol. The van der Waals surface area contributed by atoms with Gasteiger partial charge in [-0.15, -0.1) is 0 Å². The van der Waals surface area contributed by atoms with Gasteiger partial charge in [0, 0.05) is 39.2 Å². The molecule has 43 heavy (non-hydrogen) atoms. The van der Waals surface area contributed by atoms with Crippen molar-refractivity contribution < 1.29 is 0 Å². The highest BCUT2D eigenvalue weighted by Gasteiger charge is 2.15. The average molecular weight is 553 g/mol. The number of nitrogens with zero attached hydrogens (tertiary/aromatic N) is 2. The summed E-state index contributed by atoms with van der Waals surface area (Å²) < 4.78 is 0. The van der Waals surface area contributed by atoms with Crippen molar-refractivity contribution in [1.29, 1.82) is 5.41 Å². The zero-order valence-electron chi connectivity index (χ0n) is 23.4. The predicted octanol–water partition coefficient (Wildman–Crippen LogP) is 9.79. The molecule has 7 rings (SSSR count). The molecular weight excluding hydrogens is 524 g/mol. The fourth-order valence-electron chi connectivity index (χ4n) is 5.29. The molecule has 0 aliphatic carbocycles. The third-order valence-electron chi connectivity index (χ3n) is 7.48. The lowest BCUT2D eigenvalue weighted by molar-refractivity contribution is 1.18. The first-order valence-electron chi connectivity index (χ1n) is 14.3. The Bertz CT molecular complexity index is 2000. The van der Waals surface area contributed by atoms with Crippen molar-refractivity contribution >= 4 is 27.9 Å². The summed E-state index contributed by atoms with van der Waals surface area (Å²) in [6.45, 7) is 0. The molecule has 4 nitrogen and oxygen atoms in total. The SMILES string of the molecule is N=C(c1cccc(-c2cc(-c3ccccc3)nc(-c3ccccc3)n2)c1)c1cc2ccccc2cc1Nc1ccccc1. The van der Waals surface area contributed by atoms with Gasteiger partial charge in [-0.3, -0.25) is 5.41 Å². The van der Waals surface area contributed by atoms with E-state index in [1.165, 1.54) is 0 Å². The van der Waals surface area contributed by atoms with Crippen LogP contribution in [0.15, 0.2) is 158 Å². The smallest absolute Gasteiger partial charge is 0.160 e. The van der Waals surface area contributed by atoms with Gasteiger partial charge in [-0.05, 0) is 47.2 Å². The number of rotatable bonds is 7. The van der Waals surface area contributed by atoms with Crippen molar-refractivity contribution in [3.8, 4) is 33.9 Å². The van der Waals surface area contributed by atoms with Gasteiger partial charge in [-0.2, -0.15) is 0 Å². The largest absolute Gasteiger partial charge is 0.355 e. The summed E-state index contributed by atoms with van der Waals surface area (Å²) in [4.78, 5) is 9.92. The Hall–Kier alpha value is -5.87. The van der Waals surface area contributed by atoms with Crippen LogP contribution < -0.4 is 5.32 Å². The van der Waals surface area contributed by atoms with Crippen molar-refractivity contribution in [2.45, 2.75) is 0 Å². The molecule has 7 aromatic rings. The Labute approximate surface area is 250 Å². The first-order chi connectivity index (χ1) is 21.2. The number of aromatic nitrogens is 2. The Morgan fingerprint density at radius 1 is 0.488 bits per heavy atom.